The monoisotopic (exact) mass is 291 g/mol. The molecule has 0 saturated heterocycles. The number of halogens is 1. The van der Waals surface area contributed by atoms with E-state index in [1.165, 1.54) is 0 Å². The number of hydrogen-bond donors (Lipinski definition) is 0. The number of nitrogens with zero attached hydrogens (tertiary/aromatic N) is 1. The van der Waals surface area contributed by atoms with Crippen molar-refractivity contribution in [3.8, 4) is 5.75 Å². The lowest BCUT2D eigenvalue weighted by molar-refractivity contribution is -0.128. The van der Waals surface area contributed by atoms with E-state index in [0.717, 1.165) is 17.7 Å². The van der Waals surface area contributed by atoms with Gasteiger partial charge >= 0.3 is 0 Å². The standard InChI is InChI=1S/C16H18ClNO2/c1-3-10-20-12-8-9-13(14(17)11-12)15-6-5-7-16(19)18(15)4-2/h3,6,8-9,11H,1,4-5,7,10H2,2H3. The maximum Gasteiger partial charge on any atom is 0.227 e. The Morgan fingerprint density at radius 2 is 2.30 bits per heavy atom. The van der Waals surface area contributed by atoms with E-state index in [1.807, 2.05) is 19.1 Å². The van der Waals surface area contributed by atoms with Crippen LogP contribution in [0.5, 0.6) is 5.75 Å². The van der Waals surface area contributed by atoms with Crippen molar-refractivity contribution in [3.63, 3.8) is 0 Å². The lowest BCUT2D eigenvalue weighted by Crippen LogP contribution is -2.31. The van der Waals surface area contributed by atoms with Crippen molar-refractivity contribution in [3.05, 3.63) is 47.5 Å². The van der Waals surface area contributed by atoms with Crippen LogP contribution >= 0.6 is 11.6 Å². The van der Waals surface area contributed by atoms with Crippen molar-refractivity contribution in [1.29, 1.82) is 0 Å². The molecule has 20 heavy (non-hydrogen) atoms. The molecular weight excluding hydrogens is 274 g/mol. The Balaban J connectivity index is 2.30. The van der Waals surface area contributed by atoms with Crippen molar-refractivity contribution in [1.82, 2.24) is 4.90 Å². The molecule has 0 saturated carbocycles. The highest BCUT2D eigenvalue weighted by Crippen LogP contribution is 2.32. The molecule has 1 aromatic rings. The Labute approximate surface area is 124 Å². The number of carbonyl (C=O) groups is 1. The third-order valence-corrected chi connectivity index (χ3v) is 3.50. The van der Waals surface area contributed by atoms with Gasteiger partial charge in [-0.05, 0) is 31.5 Å². The number of rotatable bonds is 5. The van der Waals surface area contributed by atoms with Crippen molar-refractivity contribution < 1.29 is 9.53 Å². The minimum atomic E-state index is 0.146. The van der Waals surface area contributed by atoms with Crippen LogP contribution in [0.3, 0.4) is 0 Å². The molecule has 0 bridgehead atoms. The predicted octanol–water partition coefficient (Wildman–Crippen LogP) is 3.89. The van der Waals surface area contributed by atoms with Gasteiger partial charge in [-0.15, -0.1) is 0 Å². The molecule has 4 heteroatoms. The number of ether oxygens (including phenoxy) is 1. The average molecular weight is 292 g/mol. The van der Waals surface area contributed by atoms with E-state index in [2.05, 4.69) is 12.7 Å². The van der Waals surface area contributed by atoms with Crippen LogP contribution in [0.25, 0.3) is 5.70 Å². The fourth-order valence-corrected chi connectivity index (χ4v) is 2.53. The lowest BCUT2D eigenvalue weighted by Gasteiger charge is -2.28. The van der Waals surface area contributed by atoms with E-state index in [0.29, 0.717) is 30.3 Å². The Kier molecular flexibility index (Phi) is 4.85. The number of benzene rings is 1. The van der Waals surface area contributed by atoms with E-state index >= 15 is 0 Å². The van der Waals surface area contributed by atoms with E-state index in [4.69, 9.17) is 16.3 Å². The molecule has 1 aliphatic heterocycles. The average Bonchev–Trinajstić information content (AvgIpc) is 2.45. The van der Waals surface area contributed by atoms with Crippen molar-refractivity contribution >= 4 is 23.2 Å². The zero-order valence-corrected chi connectivity index (χ0v) is 12.3. The van der Waals surface area contributed by atoms with Gasteiger partial charge in [-0.1, -0.05) is 30.3 Å². The molecule has 3 nitrogen and oxygen atoms in total. The molecule has 106 valence electrons. The van der Waals surface area contributed by atoms with Crippen LogP contribution in [0.4, 0.5) is 0 Å². The molecular formula is C16H18ClNO2. The summed E-state index contributed by atoms with van der Waals surface area (Å²) in [5.74, 6) is 0.845. The topological polar surface area (TPSA) is 29.5 Å². The summed E-state index contributed by atoms with van der Waals surface area (Å²) >= 11 is 6.33. The first-order chi connectivity index (χ1) is 9.67. The highest BCUT2D eigenvalue weighted by molar-refractivity contribution is 6.32. The molecule has 0 aromatic heterocycles. The quantitative estimate of drug-likeness (QED) is 0.770. The Bertz CT molecular complexity index is 551. The van der Waals surface area contributed by atoms with Crippen LogP contribution in [-0.4, -0.2) is 24.0 Å². The predicted molar refractivity (Wildman–Crippen MR) is 81.7 cm³/mol. The molecule has 0 radical (unpaired) electrons. The van der Waals surface area contributed by atoms with Gasteiger partial charge in [0.2, 0.25) is 5.91 Å². The summed E-state index contributed by atoms with van der Waals surface area (Å²) in [6, 6.07) is 5.53. The third kappa shape index (κ3) is 3.05. The van der Waals surface area contributed by atoms with Crippen LogP contribution in [0.1, 0.15) is 25.3 Å². The van der Waals surface area contributed by atoms with Gasteiger partial charge < -0.3 is 9.64 Å². The Hall–Kier alpha value is -1.74. The van der Waals surface area contributed by atoms with Gasteiger partial charge in [0.25, 0.3) is 0 Å². The van der Waals surface area contributed by atoms with Crippen LogP contribution in [-0.2, 0) is 4.79 Å². The zero-order valence-electron chi connectivity index (χ0n) is 11.6. The van der Waals surface area contributed by atoms with Gasteiger partial charge in [0, 0.05) is 24.2 Å². The summed E-state index contributed by atoms with van der Waals surface area (Å²) in [7, 11) is 0. The smallest absolute Gasteiger partial charge is 0.227 e. The van der Waals surface area contributed by atoms with E-state index in [-0.39, 0.29) is 5.91 Å². The second kappa shape index (κ2) is 6.62. The molecule has 1 aromatic carbocycles. The third-order valence-electron chi connectivity index (χ3n) is 3.19. The summed E-state index contributed by atoms with van der Waals surface area (Å²) in [6.07, 6.45) is 5.07. The number of carbonyl (C=O) groups excluding carboxylic acids is 1. The normalized spacial score (nSPS) is 15.0. The maximum atomic E-state index is 11.9. The van der Waals surface area contributed by atoms with Crippen LogP contribution in [0.2, 0.25) is 5.02 Å². The molecule has 1 aliphatic rings. The summed E-state index contributed by atoms with van der Waals surface area (Å²) in [4.78, 5) is 13.7. The molecule has 0 unspecified atom stereocenters. The first kappa shape index (κ1) is 14.7. The Morgan fingerprint density at radius 3 is 2.95 bits per heavy atom. The molecule has 1 amide bonds. The fraction of sp³-hybridized carbons (Fsp3) is 0.312. The highest BCUT2D eigenvalue weighted by atomic mass is 35.5. The van der Waals surface area contributed by atoms with Gasteiger partial charge in [-0.2, -0.15) is 0 Å². The highest BCUT2D eigenvalue weighted by Gasteiger charge is 2.22. The SMILES string of the molecule is C=CCOc1ccc(C2=CCCC(=O)N2CC)c(Cl)c1. The fourth-order valence-electron chi connectivity index (χ4n) is 2.26. The molecule has 0 aliphatic carbocycles. The van der Waals surface area contributed by atoms with Gasteiger partial charge in [0.05, 0.1) is 5.02 Å². The van der Waals surface area contributed by atoms with Gasteiger partial charge in [0.15, 0.2) is 0 Å². The molecule has 0 atom stereocenters. The summed E-state index contributed by atoms with van der Waals surface area (Å²) < 4.78 is 5.45. The number of allylic oxidation sites excluding steroid dienone is 1. The summed E-state index contributed by atoms with van der Waals surface area (Å²) in [5.41, 5.74) is 1.76. The van der Waals surface area contributed by atoms with Crippen molar-refractivity contribution in [2.24, 2.45) is 0 Å². The number of hydrogen-bond acceptors (Lipinski definition) is 2. The second-order valence-electron chi connectivity index (χ2n) is 4.51. The maximum absolute atomic E-state index is 11.9. The van der Waals surface area contributed by atoms with Crippen LogP contribution in [0, 0.1) is 0 Å². The molecule has 0 N–H and O–H groups in total. The lowest BCUT2D eigenvalue weighted by atomic mass is 10.0. The molecule has 1 heterocycles. The summed E-state index contributed by atoms with van der Waals surface area (Å²) in [6.45, 7) is 6.66. The van der Waals surface area contributed by atoms with Gasteiger partial charge in [-0.25, -0.2) is 0 Å². The molecule has 2 rings (SSSR count). The summed E-state index contributed by atoms with van der Waals surface area (Å²) in [5, 5.41) is 0.589. The number of amides is 1. The minimum absolute atomic E-state index is 0.146. The first-order valence-corrected chi connectivity index (χ1v) is 7.09. The molecule has 0 fully saturated rings. The first-order valence-electron chi connectivity index (χ1n) is 6.71. The van der Waals surface area contributed by atoms with Crippen molar-refractivity contribution in [2.75, 3.05) is 13.2 Å². The Morgan fingerprint density at radius 1 is 1.50 bits per heavy atom. The van der Waals surface area contributed by atoms with Crippen LogP contribution < -0.4 is 4.74 Å². The van der Waals surface area contributed by atoms with Crippen molar-refractivity contribution in [2.45, 2.75) is 19.8 Å². The van der Waals surface area contributed by atoms with E-state index in [9.17, 15) is 4.79 Å². The second-order valence-corrected chi connectivity index (χ2v) is 4.91. The minimum Gasteiger partial charge on any atom is -0.490 e. The largest absolute Gasteiger partial charge is 0.490 e. The van der Waals surface area contributed by atoms with Gasteiger partial charge in [-0.3, -0.25) is 4.79 Å². The van der Waals surface area contributed by atoms with E-state index < -0.39 is 0 Å². The van der Waals surface area contributed by atoms with Gasteiger partial charge in [0.1, 0.15) is 12.4 Å². The molecule has 0 spiro atoms. The zero-order chi connectivity index (χ0) is 14.5. The van der Waals surface area contributed by atoms with Crippen LogP contribution in [0.15, 0.2) is 36.9 Å². The van der Waals surface area contributed by atoms with E-state index in [1.54, 1.807) is 17.0 Å².